The maximum atomic E-state index is 14.0. The summed E-state index contributed by atoms with van der Waals surface area (Å²) in [5.74, 6) is 0.0204. The standard InChI is InChI=1S/C35H29N3O6S/c1-4-43-34(40)31-22(3)36-35-37(32(31)25-16-15-21(2)29(19-25)38(41)42)33(39)30(45-35)18-23-9-7-13-27(17-23)44-20-26-12-8-11-24-10-5-6-14-28(24)26/h5-19,32H,4,20H2,1-3H3/b30-18+/t32-/m0/s1. The van der Waals surface area contributed by atoms with Crippen LogP contribution in [0.25, 0.3) is 16.8 Å². The number of carbonyl (C=O) groups excluding carboxylic acids is 1. The van der Waals surface area contributed by atoms with Gasteiger partial charge in [-0.15, -0.1) is 0 Å². The monoisotopic (exact) mass is 619 g/mol. The van der Waals surface area contributed by atoms with E-state index in [9.17, 15) is 19.7 Å². The Morgan fingerprint density at radius 3 is 2.62 bits per heavy atom. The zero-order valence-corrected chi connectivity index (χ0v) is 25.7. The molecular weight excluding hydrogens is 590 g/mol. The molecule has 9 nitrogen and oxygen atoms in total. The number of fused-ring (bicyclic) bond motifs is 2. The van der Waals surface area contributed by atoms with E-state index in [1.807, 2.05) is 48.5 Å². The van der Waals surface area contributed by atoms with Crippen molar-refractivity contribution in [3.05, 3.63) is 148 Å². The van der Waals surface area contributed by atoms with Crippen molar-refractivity contribution in [3.8, 4) is 5.75 Å². The van der Waals surface area contributed by atoms with Gasteiger partial charge in [0.25, 0.3) is 11.2 Å². The highest BCUT2D eigenvalue weighted by molar-refractivity contribution is 7.07. The number of rotatable bonds is 8. The Labute approximate surface area is 262 Å². The summed E-state index contributed by atoms with van der Waals surface area (Å²) in [6, 6.07) is 25.5. The van der Waals surface area contributed by atoms with E-state index < -0.39 is 16.9 Å². The number of carbonyl (C=O) groups is 1. The maximum Gasteiger partial charge on any atom is 0.338 e. The van der Waals surface area contributed by atoms with Gasteiger partial charge in [0.2, 0.25) is 0 Å². The largest absolute Gasteiger partial charge is 0.489 e. The molecule has 0 fully saturated rings. The number of hydrogen-bond donors (Lipinski definition) is 0. The van der Waals surface area contributed by atoms with Crippen LogP contribution >= 0.6 is 11.3 Å². The Morgan fingerprint density at radius 2 is 1.82 bits per heavy atom. The van der Waals surface area contributed by atoms with Crippen molar-refractivity contribution in [2.45, 2.75) is 33.4 Å². The molecule has 0 saturated heterocycles. The lowest BCUT2D eigenvalue weighted by Gasteiger charge is -2.24. The summed E-state index contributed by atoms with van der Waals surface area (Å²) in [5.41, 5.74) is 2.78. The van der Waals surface area contributed by atoms with Gasteiger partial charge in [-0.05, 0) is 66.4 Å². The van der Waals surface area contributed by atoms with E-state index >= 15 is 0 Å². The van der Waals surface area contributed by atoms with Gasteiger partial charge in [-0.2, -0.15) is 0 Å². The van der Waals surface area contributed by atoms with E-state index in [1.165, 1.54) is 22.0 Å². The molecule has 0 N–H and O–H groups in total. The highest BCUT2D eigenvalue weighted by Gasteiger charge is 2.34. The molecule has 0 aliphatic carbocycles. The third-order valence-corrected chi connectivity index (χ3v) is 8.68. The van der Waals surface area contributed by atoms with Crippen molar-refractivity contribution in [1.82, 2.24) is 4.57 Å². The number of nitrogens with zero attached hydrogens (tertiary/aromatic N) is 3. The fourth-order valence-corrected chi connectivity index (χ4v) is 6.57. The van der Waals surface area contributed by atoms with Gasteiger partial charge < -0.3 is 9.47 Å². The molecule has 0 radical (unpaired) electrons. The summed E-state index contributed by atoms with van der Waals surface area (Å²) in [6.07, 6.45) is 1.76. The lowest BCUT2D eigenvalue weighted by Crippen LogP contribution is -2.40. The van der Waals surface area contributed by atoms with Gasteiger partial charge in [0, 0.05) is 11.6 Å². The number of nitro benzene ring substituents is 1. The molecule has 226 valence electrons. The predicted molar refractivity (Wildman–Crippen MR) is 173 cm³/mol. The van der Waals surface area contributed by atoms with Crippen LogP contribution in [-0.4, -0.2) is 22.1 Å². The average molecular weight is 620 g/mol. The first-order valence-corrected chi connectivity index (χ1v) is 15.2. The lowest BCUT2D eigenvalue weighted by atomic mass is 9.94. The average Bonchev–Trinajstić information content (AvgIpc) is 3.33. The summed E-state index contributed by atoms with van der Waals surface area (Å²) < 4.78 is 13.3. The molecule has 1 aliphatic rings. The molecule has 45 heavy (non-hydrogen) atoms. The lowest BCUT2D eigenvalue weighted by molar-refractivity contribution is -0.385. The molecule has 5 aromatic rings. The van der Waals surface area contributed by atoms with Crippen molar-refractivity contribution in [1.29, 1.82) is 0 Å². The molecule has 10 heteroatoms. The quantitative estimate of drug-likeness (QED) is 0.124. The zero-order valence-electron chi connectivity index (χ0n) is 24.9. The van der Waals surface area contributed by atoms with E-state index in [0.29, 0.717) is 38.5 Å². The van der Waals surface area contributed by atoms with E-state index in [-0.39, 0.29) is 23.4 Å². The normalized spacial score (nSPS) is 14.6. The van der Waals surface area contributed by atoms with Crippen LogP contribution in [0.1, 0.15) is 42.1 Å². The molecule has 2 heterocycles. The Hall–Kier alpha value is -5.35. The van der Waals surface area contributed by atoms with Gasteiger partial charge in [0.1, 0.15) is 12.4 Å². The van der Waals surface area contributed by atoms with Crippen molar-refractivity contribution in [2.75, 3.05) is 6.61 Å². The molecular formula is C35H29N3O6S. The molecule has 1 aliphatic heterocycles. The summed E-state index contributed by atoms with van der Waals surface area (Å²) in [5, 5.41) is 14.0. The predicted octanol–water partition coefficient (Wildman–Crippen LogP) is 5.75. The van der Waals surface area contributed by atoms with Crippen molar-refractivity contribution in [2.24, 2.45) is 4.99 Å². The van der Waals surface area contributed by atoms with Gasteiger partial charge >= 0.3 is 5.97 Å². The topological polar surface area (TPSA) is 113 Å². The van der Waals surface area contributed by atoms with E-state index in [1.54, 1.807) is 39.0 Å². The molecule has 1 aromatic heterocycles. The van der Waals surface area contributed by atoms with Gasteiger partial charge in [0.05, 0.1) is 33.4 Å². The fraction of sp³-hybridized carbons (Fsp3) is 0.171. The van der Waals surface area contributed by atoms with Gasteiger partial charge in [-0.1, -0.05) is 78.1 Å². The Bertz CT molecular complexity index is 2190. The summed E-state index contributed by atoms with van der Waals surface area (Å²) in [7, 11) is 0. The van der Waals surface area contributed by atoms with E-state index in [4.69, 9.17) is 9.47 Å². The second-order valence-electron chi connectivity index (χ2n) is 10.6. The number of nitro groups is 1. The molecule has 0 spiro atoms. The number of benzene rings is 4. The van der Waals surface area contributed by atoms with Gasteiger partial charge in [-0.3, -0.25) is 19.5 Å². The smallest absolute Gasteiger partial charge is 0.338 e. The number of aromatic nitrogens is 1. The Balaban J connectivity index is 1.39. The number of hydrogen-bond acceptors (Lipinski definition) is 8. The number of thiazole rings is 1. The fourth-order valence-electron chi connectivity index (χ4n) is 5.53. The molecule has 0 saturated carbocycles. The first-order chi connectivity index (χ1) is 21.7. The van der Waals surface area contributed by atoms with Crippen LogP contribution in [-0.2, 0) is 16.1 Å². The molecule has 4 aromatic carbocycles. The van der Waals surface area contributed by atoms with Crippen molar-refractivity contribution in [3.63, 3.8) is 0 Å². The first-order valence-electron chi connectivity index (χ1n) is 14.4. The van der Waals surface area contributed by atoms with Crippen LogP contribution in [0.5, 0.6) is 5.75 Å². The van der Waals surface area contributed by atoms with Crippen LogP contribution in [0.3, 0.4) is 0 Å². The Kier molecular flexibility index (Phi) is 8.14. The van der Waals surface area contributed by atoms with E-state index in [0.717, 1.165) is 21.9 Å². The molecule has 0 unspecified atom stereocenters. The summed E-state index contributed by atoms with van der Waals surface area (Å²) >= 11 is 1.18. The number of aryl methyl sites for hydroxylation is 1. The zero-order chi connectivity index (χ0) is 31.7. The minimum atomic E-state index is -0.947. The van der Waals surface area contributed by atoms with Gasteiger partial charge in [0.15, 0.2) is 4.80 Å². The summed E-state index contributed by atoms with van der Waals surface area (Å²) in [6.45, 7) is 5.51. The summed E-state index contributed by atoms with van der Waals surface area (Å²) in [4.78, 5) is 43.4. The van der Waals surface area contributed by atoms with Crippen LogP contribution < -0.4 is 19.6 Å². The van der Waals surface area contributed by atoms with Crippen molar-refractivity contribution < 1.29 is 19.2 Å². The minimum absolute atomic E-state index is 0.104. The van der Waals surface area contributed by atoms with E-state index in [2.05, 4.69) is 23.2 Å². The molecule has 0 bridgehead atoms. The first kappa shape index (κ1) is 29.7. The SMILES string of the molecule is CCOC(=O)C1=C(C)N=c2s/c(=C/c3cccc(OCc4cccc5ccccc45)c3)c(=O)n2[C@H]1c1ccc(C)c([N+](=O)[O-])c1. The maximum absolute atomic E-state index is 14.0. The van der Waals surface area contributed by atoms with Crippen molar-refractivity contribution >= 4 is 39.8 Å². The Morgan fingerprint density at radius 1 is 1.04 bits per heavy atom. The highest BCUT2D eigenvalue weighted by atomic mass is 32.1. The van der Waals surface area contributed by atoms with Gasteiger partial charge in [-0.25, -0.2) is 9.79 Å². The van der Waals surface area contributed by atoms with Crippen LogP contribution in [0, 0.1) is 17.0 Å². The third kappa shape index (κ3) is 5.80. The second-order valence-corrected chi connectivity index (χ2v) is 11.6. The molecule has 6 rings (SSSR count). The molecule has 1 atom stereocenters. The third-order valence-electron chi connectivity index (χ3n) is 7.69. The molecule has 0 amide bonds. The van der Waals surface area contributed by atoms with Crippen LogP contribution in [0.15, 0.2) is 106 Å². The number of ether oxygens (including phenoxy) is 2. The van der Waals surface area contributed by atoms with Crippen LogP contribution in [0.4, 0.5) is 5.69 Å². The van der Waals surface area contributed by atoms with Crippen LogP contribution in [0.2, 0.25) is 0 Å². The highest BCUT2D eigenvalue weighted by Crippen LogP contribution is 2.33. The minimum Gasteiger partial charge on any atom is -0.489 e. The number of esters is 1. The number of allylic oxidation sites excluding steroid dienone is 1. The second kappa shape index (κ2) is 12.3.